The number of hydrogen-bond acceptors (Lipinski definition) is 3. The van der Waals surface area contributed by atoms with Crippen LogP contribution < -0.4 is 4.74 Å². The van der Waals surface area contributed by atoms with Gasteiger partial charge in [0.15, 0.2) is 5.82 Å². The summed E-state index contributed by atoms with van der Waals surface area (Å²) in [5.41, 5.74) is 0. The van der Waals surface area contributed by atoms with E-state index in [-0.39, 0.29) is 11.8 Å². The molecular formula is C10H8FNO2. The summed E-state index contributed by atoms with van der Waals surface area (Å²) in [6.07, 6.45) is 0. The van der Waals surface area contributed by atoms with Gasteiger partial charge in [-0.1, -0.05) is 18.2 Å². The quantitative estimate of drug-likeness (QED) is 0.754. The lowest BCUT2D eigenvalue weighted by atomic mass is 10.1. The molecule has 4 heteroatoms. The van der Waals surface area contributed by atoms with E-state index in [1.165, 1.54) is 7.11 Å². The molecule has 0 atom stereocenters. The molecule has 0 amide bonds. The van der Waals surface area contributed by atoms with Crippen molar-refractivity contribution in [3.8, 4) is 11.8 Å². The number of halogens is 1. The summed E-state index contributed by atoms with van der Waals surface area (Å²) in [7, 11) is 1.31. The first kappa shape index (κ1) is 8.74. The number of aromatic nitrogens is 1. The first-order valence-corrected chi connectivity index (χ1v) is 4.05. The minimum absolute atomic E-state index is 0.193. The van der Waals surface area contributed by atoms with E-state index in [0.29, 0.717) is 10.8 Å². The Hall–Kier alpha value is -1.84. The minimum atomic E-state index is -0.555. The van der Waals surface area contributed by atoms with Crippen molar-refractivity contribution >= 4 is 10.8 Å². The molecule has 3 nitrogen and oxygen atoms in total. The highest BCUT2D eigenvalue weighted by Gasteiger charge is 2.12. The van der Waals surface area contributed by atoms with Crippen molar-refractivity contribution < 1.29 is 14.2 Å². The van der Waals surface area contributed by atoms with Gasteiger partial charge in [-0.05, 0) is 6.07 Å². The molecule has 0 aliphatic carbocycles. The second-order valence-corrected chi connectivity index (χ2v) is 2.80. The molecule has 0 bridgehead atoms. The summed E-state index contributed by atoms with van der Waals surface area (Å²) < 4.78 is 18.2. The summed E-state index contributed by atoms with van der Waals surface area (Å²) in [6, 6.07) is 6.55. The van der Waals surface area contributed by atoms with Crippen LogP contribution in [0.25, 0.3) is 10.8 Å². The third-order valence-corrected chi connectivity index (χ3v) is 1.99. The van der Waals surface area contributed by atoms with E-state index in [1.807, 2.05) is 0 Å². The molecule has 2 aromatic rings. The van der Waals surface area contributed by atoms with E-state index >= 15 is 0 Å². The molecule has 0 saturated carbocycles. The van der Waals surface area contributed by atoms with Gasteiger partial charge in [0.25, 0.3) is 5.88 Å². The smallest absolute Gasteiger partial charge is 0.254 e. The number of nitrogens with zero attached hydrogens (tertiary/aromatic N) is 1. The summed E-state index contributed by atoms with van der Waals surface area (Å²) in [5.74, 6) is -0.971. The van der Waals surface area contributed by atoms with Crippen LogP contribution >= 0.6 is 0 Å². The first-order valence-electron chi connectivity index (χ1n) is 4.05. The summed E-state index contributed by atoms with van der Waals surface area (Å²) in [5, 5.41) is 10.1. The monoisotopic (exact) mass is 193 g/mol. The molecule has 0 aliphatic heterocycles. The van der Waals surface area contributed by atoms with Crippen LogP contribution in [-0.2, 0) is 0 Å². The van der Waals surface area contributed by atoms with Crippen LogP contribution in [0.4, 0.5) is 4.39 Å². The molecule has 0 saturated heterocycles. The van der Waals surface area contributed by atoms with Gasteiger partial charge in [-0.15, -0.1) is 0 Å². The maximum atomic E-state index is 13.6. The number of ether oxygens (including phenoxy) is 1. The van der Waals surface area contributed by atoms with Crippen LogP contribution in [0.5, 0.6) is 11.8 Å². The van der Waals surface area contributed by atoms with Gasteiger partial charge < -0.3 is 9.84 Å². The second-order valence-electron chi connectivity index (χ2n) is 2.80. The van der Waals surface area contributed by atoms with E-state index in [9.17, 15) is 9.50 Å². The lowest BCUT2D eigenvalue weighted by molar-refractivity contribution is 0.359. The molecule has 1 aromatic heterocycles. The highest BCUT2D eigenvalue weighted by atomic mass is 19.1. The number of methoxy groups -OCH3 is 1. The van der Waals surface area contributed by atoms with Crippen molar-refractivity contribution in [2.75, 3.05) is 7.11 Å². The van der Waals surface area contributed by atoms with Crippen LogP contribution in [0.1, 0.15) is 0 Å². The van der Waals surface area contributed by atoms with Crippen LogP contribution in [0.2, 0.25) is 0 Å². The van der Waals surface area contributed by atoms with Crippen molar-refractivity contribution in [1.29, 1.82) is 0 Å². The number of hydrogen-bond donors (Lipinski definition) is 1. The zero-order valence-electron chi connectivity index (χ0n) is 7.49. The normalized spacial score (nSPS) is 10.4. The van der Waals surface area contributed by atoms with Crippen LogP contribution in [-0.4, -0.2) is 17.2 Å². The van der Waals surface area contributed by atoms with Crippen molar-refractivity contribution in [1.82, 2.24) is 4.98 Å². The number of fused-ring (bicyclic) bond motifs is 1. The van der Waals surface area contributed by atoms with Gasteiger partial charge >= 0.3 is 0 Å². The fourth-order valence-electron chi connectivity index (χ4n) is 1.33. The summed E-state index contributed by atoms with van der Waals surface area (Å²) >= 11 is 0. The number of pyridine rings is 1. The SMILES string of the molecule is COc1nc(O)c2ccccc2c1F. The van der Waals surface area contributed by atoms with Crippen molar-refractivity contribution in [3.63, 3.8) is 0 Å². The van der Waals surface area contributed by atoms with Gasteiger partial charge in [0.1, 0.15) is 0 Å². The second kappa shape index (κ2) is 3.14. The van der Waals surface area contributed by atoms with Gasteiger partial charge in [-0.3, -0.25) is 0 Å². The molecule has 14 heavy (non-hydrogen) atoms. The summed E-state index contributed by atoms with van der Waals surface area (Å²) in [6.45, 7) is 0. The maximum Gasteiger partial charge on any atom is 0.254 e. The highest BCUT2D eigenvalue weighted by molar-refractivity contribution is 5.88. The Balaban J connectivity index is 2.87. The Bertz CT molecular complexity index is 485. The molecule has 2 rings (SSSR count). The topological polar surface area (TPSA) is 42.4 Å². The zero-order valence-corrected chi connectivity index (χ0v) is 7.49. The highest BCUT2D eigenvalue weighted by Crippen LogP contribution is 2.29. The fraction of sp³-hybridized carbons (Fsp3) is 0.100. The Kier molecular flexibility index (Phi) is 1.96. The zero-order chi connectivity index (χ0) is 10.1. The van der Waals surface area contributed by atoms with Crippen molar-refractivity contribution in [3.05, 3.63) is 30.1 Å². The predicted octanol–water partition coefficient (Wildman–Crippen LogP) is 2.09. The van der Waals surface area contributed by atoms with Crippen LogP contribution in [0, 0.1) is 5.82 Å². The molecule has 0 fully saturated rings. The molecule has 1 N–H and O–H groups in total. The molecular weight excluding hydrogens is 185 g/mol. The lowest BCUT2D eigenvalue weighted by Crippen LogP contribution is -1.93. The molecule has 0 spiro atoms. The first-order chi connectivity index (χ1) is 6.74. The average molecular weight is 193 g/mol. The molecule has 0 radical (unpaired) electrons. The Morgan fingerprint density at radius 1 is 1.29 bits per heavy atom. The van der Waals surface area contributed by atoms with E-state index < -0.39 is 5.82 Å². The number of rotatable bonds is 1. The van der Waals surface area contributed by atoms with Gasteiger partial charge in [0.05, 0.1) is 7.11 Å². The Morgan fingerprint density at radius 2 is 1.93 bits per heavy atom. The maximum absolute atomic E-state index is 13.6. The largest absolute Gasteiger partial charge is 0.493 e. The van der Waals surface area contributed by atoms with E-state index in [0.717, 1.165) is 0 Å². The molecule has 1 aromatic carbocycles. The average Bonchev–Trinajstić information content (AvgIpc) is 2.23. The third-order valence-electron chi connectivity index (χ3n) is 1.99. The predicted molar refractivity (Wildman–Crippen MR) is 49.9 cm³/mol. The van der Waals surface area contributed by atoms with E-state index in [4.69, 9.17) is 0 Å². The Labute approximate surface area is 79.8 Å². The third kappa shape index (κ3) is 1.16. The lowest BCUT2D eigenvalue weighted by Gasteiger charge is -2.05. The van der Waals surface area contributed by atoms with Gasteiger partial charge in [0.2, 0.25) is 5.88 Å². The fourth-order valence-corrected chi connectivity index (χ4v) is 1.33. The van der Waals surface area contributed by atoms with Crippen molar-refractivity contribution in [2.24, 2.45) is 0 Å². The molecule has 0 aliphatic rings. The van der Waals surface area contributed by atoms with Crippen LogP contribution in [0.15, 0.2) is 24.3 Å². The standard InChI is InChI=1S/C10H8FNO2/c1-14-10-8(11)6-4-2-3-5-7(6)9(13)12-10/h2-5H,1H3,(H,12,13). The number of benzene rings is 1. The molecule has 72 valence electrons. The van der Waals surface area contributed by atoms with Gasteiger partial charge in [-0.25, -0.2) is 4.39 Å². The summed E-state index contributed by atoms with van der Waals surface area (Å²) in [4.78, 5) is 3.58. The van der Waals surface area contributed by atoms with Crippen molar-refractivity contribution in [2.45, 2.75) is 0 Å². The minimum Gasteiger partial charge on any atom is -0.493 e. The van der Waals surface area contributed by atoms with E-state index in [2.05, 4.69) is 9.72 Å². The molecule has 1 heterocycles. The van der Waals surface area contributed by atoms with Gasteiger partial charge in [-0.2, -0.15) is 4.98 Å². The molecule has 0 unspecified atom stereocenters. The van der Waals surface area contributed by atoms with Gasteiger partial charge in [0, 0.05) is 10.8 Å². The van der Waals surface area contributed by atoms with Crippen LogP contribution in [0.3, 0.4) is 0 Å². The van der Waals surface area contributed by atoms with E-state index in [1.54, 1.807) is 24.3 Å². The number of aromatic hydroxyl groups is 1. The Morgan fingerprint density at radius 3 is 2.57 bits per heavy atom.